The van der Waals surface area contributed by atoms with Crippen molar-refractivity contribution in [1.29, 1.82) is 5.26 Å². The van der Waals surface area contributed by atoms with E-state index in [0.717, 1.165) is 33.4 Å². The molecule has 0 amide bonds. The van der Waals surface area contributed by atoms with E-state index in [0.29, 0.717) is 21.8 Å². The minimum Gasteiger partial charge on any atom is -0.384 e. The van der Waals surface area contributed by atoms with Gasteiger partial charge in [-0.3, -0.25) is 4.98 Å². The summed E-state index contributed by atoms with van der Waals surface area (Å²) in [5, 5.41) is 21.3. The fraction of sp³-hybridized carbons (Fsp3) is 0.0370. The van der Waals surface area contributed by atoms with Crippen LogP contribution in [0.2, 0.25) is 5.02 Å². The van der Waals surface area contributed by atoms with Crippen molar-refractivity contribution in [1.82, 2.24) is 4.98 Å². The topological polar surface area (TPSA) is 56.9 Å². The van der Waals surface area contributed by atoms with Gasteiger partial charge in [-0.2, -0.15) is 5.26 Å². The molecule has 3 aromatic carbocycles. The van der Waals surface area contributed by atoms with Crippen LogP contribution in [0.5, 0.6) is 0 Å². The molecule has 0 bridgehead atoms. The van der Waals surface area contributed by atoms with E-state index in [1.54, 1.807) is 12.1 Å². The number of aliphatic hydroxyl groups excluding tert-OH is 1. The van der Waals surface area contributed by atoms with Gasteiger partial charge >= 0.3 is 0 Å². The number of nitriles is 1. The number of pyridine rings is 1. The molecule has 5 rings (SSSR count). The van der Waals surface area contributed by atoms with Crippen molar-refractivity contribution in [2.45, 2.75) is 6.10 Å². The van der Waals surface area contributed by atoms with Crippen LogP contribution in [0.1, 0.15) is 34.1 Å². The van der Waals surface area contributed by atoms with Gasteiger partial charge in [0, 0.05) is 22.3 Å². The molecule has 1 aliphatic carbocycles. The standard InChI is InChI=1S/C27H17ClN2O/c28-22-8-2-6-19(13-22)17-4-1-5-18(12-17)21-14-25-26(30-16-21)11-10-23-20(15-29)7-3-9-24(23)27(25)31/h1-14,16,27,31H. The Morgan fingerprint density at radius 3 is 2.29 bits per heavy atom. The molecule has 0 saturated carbocycles. The Bertz CT molecular complexity index is 1380. The fourth-order valence-electron chi connectivity index (χ4n) is 3.99. The summed E-state index contributed by atoms with van der Waals surface area (Å²) in [5.41, 5.74) is 7.40. The maximum absolute atomic E-state index is 11.1. The van der Waals surface area contributed by atoms with Crippen LogP contribution in [0.3, 0.4) is 0 Å². The number of benzene rings is 3. The second kappa shape index (κ2) is 7.85. The molecule has 4 aromatic rings. The van der Waals surface area contributed by atoms with Crippen LogP contribution >= 0.6 is 11.6 Å². The van der Waals surface area contributed by atoms with Crippen molar-refractivity contribution < 1.29 is 5.11 Å². The molecule has 0 aliphatic heterocycles. The Labute approximate surface area is 185 Å². The quantitative estimate of drug-likeness (QED) is 0.402. The summed E-state index contributed by atoms with van der Waals surface area (Å²) in [4.78, 5) is 4.61. The number of hydrogen-bond donors (Lipinski definition) is 1. The van der Waals surface area contributed by atoms with E-state index >= 15 is 0 Å². The molecule has 1 N–H and O–H groups in total. The van der Waals surface area contributed by atoms with Crippen LogP contribution < -0.4 is 0 Å². The molecule has 0 radical (unpaired) electrons. The van der Waals surface area contributed by atoms with E-state index in [2.05, 4.69) is 17.1 Å². The third-order valence-electron chi connectivity index (χ3n) is 5.56. The maximum atomic E-state index is 11.1. The third kappa shape index (κ3) is 3.53. The van der Waals surface area contributed by atoms with Crippen LogP contribution in [0.25, 0.3) is 34.4 Å². The van der Waals surface area contributed by atoms with Crippen LogP contribution in [-0.4, -0.2) is 10.1 Å². The van der Waals surface area contributed by atoms with Crippen molar-refractivity contribution in [3.63, 3.8) is 0 Å². The molecule has 4 heteroatoms. The number of aromatic nitrogens is 1. The second-order valence-electron chi connectivity index (χ2n) is 7.45. The normalized spacial score (nSPS) is 14.3. The van der Waals surface area contributed by atoms with Gasteiger partial charge in [0.2, 0.25) is 0 Å². The molecule has 1 heterocycles. The first-order valence-corrected chi connectivity index (χ1v) is 10.3. The lowest BCUT2D eigenvalue weighted by Crippen LogP contribution is -2.05. The number of aliphatic hydroxyl groups is 1. The smallest absolute Gasteiger partial charge is 0.107 e. The van der Waals surface area contributed by atoms with Crippen LogP contribution in [0.4, 0.5) is 0 Å². The minimum atomic E-state index is -0.864. The SMILES string of the molecule is N#Cc1cccc2c1C=Cc1ncc(-c3cccc(-c4cccc(Cl)c4)c3)cc1C2O. The summed E-state index contributed by atoms with van der Waals surface area (Å²) >= 11 is 6.16. The van der Waals surface area contributed by atoms with Gasteiger partial charge in [0.05, 0.1) is 17.3 Å². The Morgan fingerprint density at radius 1 is 0.806 bits per heavy atom. The van der Waals surface area contributed by atoms with Gasteiger partial charge in [0.25, 0.3) is 0 Å². The van der Waals surface area contributed by atoms with Gasteiger partial charge in [-0.15, -0.1) is 0 Å². The fourth-order valence-corrected chi connectivity index (χ4v) is 4.18. The molecular formula is C27H17ClN2O. The molecule has 1 aromatic heterocycles. The van der Waals surface area contributed by atoms with Gasteiger partial charge < -0.3 is 5.11 Å². The first-order chi connectivity index (χ1) is 15.1. The minimum absolute atomic E-state index is 0.537. The molecule has 1 aliphatic rings. The van der Waals surface area contributed by atoms with Crippen molar-refractivity contribution in [3.05, 3.63) is 112 Å². The lowest BCUT2D eigenvalue weighted by Gasteiger charge is -2.16. The summed E-state index contributed by atoms with van der Waals surface area (Å²) in [7, 11) is 0. The summed E-state index contributed by atoms with van der Waals surface area (Å²) in [6, 6.07) is 25.5. The van der Waals surface area contributed by atoms with Gasteiger partial charge in [0.1, 0.15) is 6.10 Å². The van der Waals surface area contributed by atoms with E-state index in [1.165, 1.54) is 0 Å². The number of halogens is 1. The van der Waals surface area contributed by atoms with Gasteiger partial charge in [-0.1, -0.05) is 60.1 Å². The van der Waals surface area contributed by atoms with Crippen molar-refractivity contribution in [3.8, 4) is 28.3 Å². The van der Waals surface area contributed by atoms with Gasteiger partial charge in [-0.05, 0) is 64.2 Å². The Kier molecular flexibility index (Phi) is 4.88. The van der Waals surface area contributed by atoms with E-state index < -0.39 is 6.10 Å². The third-order valence-corrected chi connectivity index (χ3v) is 5.80. The van der Waals surface area contributed by atoms with E-state index in [4.69, 9.17) is 11.6 Å². The predicted octanol–water partition coefficient (Wildman–Crippen LogP) is 6.51. The van der Waals surface area contributed by atoms with Crippen LogP contribution in [0.15, 0.2) is 79.0 Å². The predicted molar refractivity (Wildman–Crippen MR) is 124 cm³/mol. The van der Waals surface area contributed by atoms with Crippen LogP contribution in [-0.2, 0) is 0 Å². The molecule has 0 saturated heterocycles. The molecular weight excluding hydrogens is 404 g/mol. The van der Waals surface area contributed by atoms with Crippen molar-refractivity contribution >= 4 is 23.8 Å². The Morgan fingerprint density at radius 2 is 1.52 bits per heavy atom. The molecule has 1 atom stereocenters. The number of rotatable bonds is 2. The molecule has 3 nitrogen and oxygen atoms in total. The average molecular weight is 421 g/mol. The molecule has 31 heavy (non-hydrogen) atoms. The van der Waals surface area contributed by atoms with Crippen molar-refractivity contribution in [2.75, 3.05) is 0 Å². The Hall–Kier alpha value is -3.71. The molecule has 0 spiro atoms. The monoisotopic (exact) mass is 420 g/mol. The van der Waals surface area contributed by atoms with E-state index in [-0.39, 0.29) is 0 Å². The first kappa shape index (κ1) is 19.3. The number of fused-ring (bicyclic) bond motifs is 2. The lowest BCUT2D eigenvalue weighted by molar-refractivity contribution is 0.219. The van der Waals surface area contributed by atoms with Crippen molar-refractivity contribution in [2.24, 2.45) is 0 Å². The molecule has 0 fully saturated rings. The van der Waals surface area contributed by atoms with E-state index in [9.17, 15) is 10.4 Å². The van der Waals surface area contributed by atoms with Crippen LogP contribution in [0, 0.1) is 11.3 Å². The van der Waals surface area contributed by atoms with E-state index in [1.807, 2.05) is 72.9 Å². The highest BCUT2D eigenvalue weighted by atomic mass is 35.5. The lowest BCUT2D eigenvalue weighted by atomic mass is 9.93. The summed E-state index contributed by atoms with van der Waals surface area (Å²) in [6.07, 6.45) is 4.66. The van der Waals surface area contributed by atoms with Gasteiger partial charge in [0.15, 0.2) is 0 Å². The second-order valence-corrected chi connectivity index (χ2v) is 7.88. The highest BCUT2D eigenvalue weighted by Gasteiger charge is 2.22. The maximum Gasteiger partial charge on any atom is 0.107 e. The first-order valence-electron chi connectivity index (χ1n) is 9.89. The average Bonchev–Trinajstić information content (AvgIpc) is 2.95. The summed E-state index contributed by atoms with van der Waals surface area (Å²) in [5.74, 6) is 0. The molecule has 148 valence electrons. The zero-order chi connectivity index (χ0) is 21.4. The summed E-state index contributed by atoms with van der Waals surface area (Å²) in [6.45, 7) is 0. The zero-order valence-electron chi connectivity index (χ0n) is 16.5. The highest BCUT2D eigenvalue weighted by molar-refractivity contribution is 6.30. The highest BCUT2D eigenvalue weighted by Crippen LogP contribution is 2.36. The Balaban J connectivity index is 1.59. The largest absolute Gasteiger partial charge is 0.384 e. The number of hydrogen-bond acceptors (Lipinski definition) is 3. The number of nitrogens with zero attached hydrogens (tertiary/aromatic N) is 2. The summed E-state index contributed by atoms with van der Waals surface area (Å²) < 4.78 is 0. The van der Waals surface area contributed by atoms with Gasteiger partial charge in [-0.25, -0.2) is 0 Å². The molecule has 1 unspecified atom stereocenters. The zero-order valence-corrected chi connectivity index (χ0v) is 17.2.